The van der Waals surface area contributed by atoms with Crippen molar-refractivity contribution in [2.45, 2.75) is 49.2 Å². The number of epoxide rings is 1. The van der Waals surface area contributed by atoms with Gasteiger partial charge in [0.25, 0.3) is 0 Å². The van der Waals surface area contributed by atoms with Gasteiger partial charge in [0, 0.05) is 12.8 Å². The number of likely N-dealkylation sites (N-methyl/N-ethyl adjacent to an activating group) is 1. The van der Waals surface area contributed by atoms with Crippen LogP contribution in [0.1, 0.15) is 24.3 Å². The van der Waals surface area contributed by atoms with Crippen LogP contribution in [-0.2, 0) is 14.3 Å². The molecular weight excluding hydrogens is 378 g/mol. The Morgan fingerprint density at radius 1 is 1.33 bits per heavy atom. The summed E-state index contributed by atoms with van der Waals surface area (Å²) in [4.78, 5) is 12.4. The average molecular weight is 400 g/mol. The molecule has 0 spiro atoms. The Balaban J connectivity index is 0.00000169. The van der Waals surface area contributed by atoms with Gasteiger partial charge in [0.05, 0.1) is 13.7 Å². The third kappa shape index (κ3) is 2.78. The van der Waals surface area contributed by atoms with E-state index in [4.69, 9.17) is 9.47 Å². The highest BCUT2D eigenvalue weighted by molar-refractivity contribution is 8.93. The first kappa shape index (κ1) is 17.8. The fraction of sp³-hybridized carbons (Fsp3) is 0.588. The molecule has 3 aliphatic heterocycles. The lowest BCUT2D eigenvalue weighted by atomic mass is 9.97. The minimum Gasteiger partial charge on any atom is -0.632 e. The van der Waals surface area contributed by atoms with E-state index in [1.54, 1.807) is 19.2 Å². The second-order valence-corrected chi connectivity index (χ2v) is 6.94. The van der Waals surface area contributed by atoms with Gasteiger partial charge in [0.2, 0.25) is 0 Å². The number of carbonyl (C=O) groups excluding carboxylic acids is 1. The second kappa shape index (κ2) is 6.38. The molecule has 6 nitrogen and oxygen atoms in total. The molecule has 1 N–H and O–H groups in total. The van der Waals surface area contributed by atoms with Gasteiger partial charge < -0.3 is 24.4 Å². The Kier molecular flexibility index (Phi) is 4.74. The summed E-state index contributed by atoms with van der Waals surface area (Å²) in [6.45, 7) is -0.286. The minimum atomic E-state index is -0.672. The van der Waals surface area contributed by atoms with Gasteiger partial charge in [-0.2, -0.15) is 0 Å². The van der Waals surface area contributed by atoms with Crippen LogP contribution < -0.4 is 0 Å². The van der Waals surface area contributed by atoms with Gasteiger partial charge in [-0.25, -0.2) is 0 Å². The van der Waals surface area contributed by atoms with Crippen LogP contribution in [-0.4, -0.2) is 59.8 Å². The fourth-order valence-corrected chi connectivity index (χ4v) is 4.25. The molecule has 3 fully saturated rings. The second-order valence-electron chi connectivity index (χ2n) is 6.94. The molecular formula is C17H22BrNO5. The van der Waals surface area contributed by atoms with Gasteiger partial charge in [0.15, 0.2) is 0 Å². The number of morpholine rings is 1. The zero-order chi connectivity index (χ0) is 16.2. The Labute approximate surface area is 151 Å². The number of piperidine rings is 1. The molecule has 0 amide bonds. The van der Waals surface area contributed by atoms with Crippen molar-refractivity contribution in [2.24, 2.45) is 0 Å². The number of quaternary nitrogens is 1. The Morgan fingerprint density at radius 3 is 2.46 bits per heavy atom. The van der Waals surface area contributed by atoms with Gasteiger partial charge in [-0.3, -0.25) is 4.79 Å². The summed E-state index contributed by atoms with van der Waals surface area (Å²) in [5, 5.41) is 22.2. The van der Waals surface area contributed by atoms with Crippen LogP contribution in [0.4, 0.5) is 0 Å². The summed E-state index contributed by atoms with van der Waals surface area (Å²) in [6, 6.07) is 8.86. The van der Waals surface area contributed by atoms with Crippen molar-refractivity contribution in [1.29, 1.82) is 0 Å². The Bertz CT molecular complexity index is 590. The van der Waals surface area contributed by atoms with Crippen molar-refractivity contribution in [1.82, 2.24) is 0 Å². The number of rotatable bonds is 4. The Hall–Kier alpha value is -0.990. The molecule has 0 radical (unpaired) electrons. The standard InChI is InChI=1S/C17H21NO5.BrH/c1-18(21)13-7-11(8-14(18)16-15(13)23-16)22-17(20)12(9-19)10-5-3-2-4-6-10;/h2-6,11-16,19H,7-9H2,1H3;1H/t11?,12?,13-,14-,15-,16+,18?;/m0./s1. The number of aliphatic hydroxyl groups excluding tert-OH is 1. The average Bonchev–Trinajstić information content (AvgIpc) is 3.27. The summed E-state index contributed by atoms with van der Waals surface area (Å²) < 4.78 is 10.9. The summed E-state index contributed by atoms with van der Waals surface area (Å²) >= 11 is 0. The zero-order valence-corrected chi connectivity index (χ0v) is 15.1. The van der Waals surface area contributed by atoms with E-state index >= 15 is 0 Å². The van der Waals surface area contributed by atoms with Gasteiger partial charge in [-0.1, -0.05) is 30.3 Å². The van der Waals surface area contributed by atoms with E-state index in [2.05, 4.69) is 0 Å². The number of ether oxygens (including phenoxy) is 2. The van der Waals surface area contributed by atoms with Crippen LogP contribution in [0.5, 0.6) is 0 Å². The van der Waals surface area contributed by atoms with E-state index < -0.39 is 11.9 Å². The zero-order valence-electron chi connectivity index (χ0n) is 13.4. The van der Waals surface area contributed by atoms with E-state index in [9.17, 15) is 15.1 Å². The third-order valence-electron chi connectivity index (χ3n) is 5.60. The molecule has 3 saturated heterocycles. The highest BCUT2D eigenvalue weighted by Crippen LogP contribution is 2.52. The van der Waals surface area contributed by atoms with E-state index in [1.807, 2.05) is 18.2 Å². The lowest BCUT2D eigenvalue weighted by Gasteiger charge is -2.51. The molecule has 132 valence electrons. The van der Waals surface area contributed by atoms with Crippen molar-refractivity contribution in [3.63, 3.8) is 0 Å². The van der Waals surface area contributed by atoms with Crippen molar-refractivity contribution in [3.8, 4) is 0 Å². The number of nitrogens with zero attached hydrogens (tertiary/aromatic N) is 1. The number of halogens is 1. The first-order chi connectivity index (χ1) is 11.0. The lowest BCUT2D eigenvalue weighted by Crippen LogP contribution is -2.58. The molecule has 0 aromatic heterocycles. The van der Waals surface area contributed by atoms with E-state index in [0.717, 1.165) is 5.56 Å². The fourth-order valence-electron chi connectivity index (χ4n) is 4.25. The number of hydrogen-bond acceptors (Lipinski definition) is 5. The third-order valence-corrected chi connectivity index (χ3v) is 5.60. The van der Waals surface area contributed by atoms with Crippen molar-refractivity contribution in [3.05, 3.63) is 41.1 Å². The molecule has 3 heterocycles. The predicted molar refractivity (Wildman–Crippen MR) is 91.5 cm³/mol. The summed E-state index contributed by atoms with van der Waals surface area (Å²) in [7, 11) is 1.70. The monoisotopic (exact) mass is 399 g/mol. The van der Waals surface area contributed by atoms with Gasteiger partial charge in [-0.05, 0) is 5.56 Å². The molecule has 3 aliphatic rings. The number of carbonyl (C=O) groups is 1. The first-order valence-corrected chi connectivity index (χ1v) is 8.11. The van der Waals surface area contributed by atoms with Crippen LogP contribution in [0.3, 0.4) is 0 Å². The number of esters is 1. The molecule has 24 heavy (non-hydrogen) atoms. The summed E-state index contributed by atoms with van der Waals surface area (Å²) in [6.07, 6.45) is 0.891. The van der Waals surface area contributed by atoms with Crippen LogP contribution in [0.25, 0.3) is 0 Å². The van der Waals surface area contributed by atoms with E-state index in [1.165, 1.54) is 0 Å². The molecule has 1 aromatic rings. The highest BCUT2D eigenvalue weighted by atomic mass is 79.9. The molecule has 2 bridgehead atoms. The molecule has 4 rings (SSSR count). The van der Waals surface area contributed by atoms with Gasteiger partial charge in [-0.15, -0.1) is 17.0 Å². The Morgan fingerprint density at radius 2 is 1.92 bits per heavy atom. The largest absolute Gasteiger partial charge is 0.632 e. The van der Waals surface area contributed by atoms with E-state index in [-0.39, 0.29) is 58.6 Å². The number of hydroxylamine groups is 3. The number of aliphatic hydroxyl groups is 1. The van der Waals surface area contributed by atoms with Crippen LogP contribution in [0.15, 0.2) is 30.3 Å². The molecule has 0 aliphatic carbocycles. The van der Waals surface area contributed by atoms with Gasteiger partial charge >= 0.3 is 5.97 Å². The normalized spacial score (nSPS) is 40.2. The van der Waals surface area contributed by atoms with Crippen LogP contribution >= 0.6 is 17.0 Å². The molecule has 3 unspecified atom stereocenters. The van der Waals surface area contributed by atoms with Crippen molar-refractivity contribution in [2.75, 3.05) is 13.7 Å². The maximum atomic E-state index is 12.6. The summed E-state index contributed by atoms with van der Waals surface area (Å²) in [5.41, 5.74) is 0.745. The first-order valence-electron chi connectivity index (χ1n) is 8.11. The SMILES string of the molecule is Br.C[N+]1([O-])[C@H]2CC(OC(=O)C(CO)c3ccccc3)C[C@H]1[C@H]1O[C@H]12. The highest BCUT2D eigenvalue weighted by Gasteiger charge is 2.69. The minimum absolute atomic E-state index is 0. The maximum Gasteiger partial charge on any atom is 0.316 e. The summed E-state index contributed by atoms with van der Waals surface area (Å²) in [5.74, 6) is -1.09. The molecule has 7 heteroatoms. The number of hydrogen-bond donors (Lipinski definition) is 1. The van der Waals surface area contributed by atoms with Crippen LogP contribution in [0.2, 0.25) is 0 Å². The quantitative estimate of drug-likeness (QED) is 0.359. The number of fused-ring (bicyclic) bond motifs is 5. The predicted octanol–water partition coefficient (Wildman–Crippen LogP) is 1.51. The van der Waals surface area contributed by atoms with Crippen molar-refractivity contribution < 1.29 is 24.0 Å². The van der Waals surface area contributed by atoms with Crippen LogP contribution in [0, 0.1) is 5.21 Å². The molecule has 1 aromatic carbocycles. The number of benzene rings is 1. The van der Waals surface area contributed by atoms with Crippen molar-refractivity contribution >= 4 is 23.0 Å². The smallest absolute Gasteiger partial charge is 0.316 e. The molecule has 0 saturated carbocycles. The molecule has 7 atom stereocenters. The maximum absolute atomic E-state index is 12.6. The van der Waals surface area contributed by atoms with Gasteiger partial charge in [0.1, 0.15) is 36.3 Å². The van der Waals surface area contributed by atoms with E-state index in [0.29, 0.717) is 12.8 Å². The lowest BCUT2D eigenvalue weighted by molar-refractivity contribution is -0.911. The topological polar surface area (TPSA) is 82.1 Å².